The van der Waals surface area contributed by atoms with Crippen molar-refractivity contribution in [2.75, 3.05) is 19.3 Å². The number of hydrogen-bond donors (Lipinski definition) is 2. The van der Waals surface area contributed by atoms with Crippen LogP contribution < -0.4 is 5.32 Å². The zero-order valence-electron chi connectivity index (χ0n) is 18.1. The van der Waals surface area contributed by atoms with Crippen LogP contribution >= 0.6 is 0 Å². The van der Waals surface area contributed by atoms with E-state index in [1.807, 2.05) is 4.68 Å². The Hall–Kier alpha value is -2.03. The molecular weight excluding hydrogens is 408 g/mol. The number of nitrogens with zero attached hydrogens (tertiary/aromatic N) is 5. The molecular formula is C19H32N6O4S. The van der Waals surface area contributed by atoms with Crippen LogP contribution in [0.4, 0.5) is 0 Å². The minimum Gasteiger partial charge on any atom is -0.326 e. The summed E-state index contributed by atoms with van der Waals surface area (Å²) in [6.45, 7) is 8.61. The lowest BCUT2D eigenvalue weighted by atomic mass is 9.71. The molecule has 2 fully saturated rings. The van der Waals surface area contributed by atoms with E-state index in [0.717, 1.165) is 32.2 Å². The number of nitriles is 1. The van der Waals surface area contributed by atoms with Gasteiger partial charge in [-0.3, -0.25) is 14.0 Å². The van der Waals surface area contributed by atoms with Crippen molar-refractivity contribution < 1.29 is 17.8 Å². The summed E-state index contributed by atoms with van der Waals surface area (Å²) in [6, 6.07) is 1.99. The largest absolute Gasteiger partial charge is 0.326 e. The second-order valence-corrected chi connectivity index (χ2v) is 10.3. The highest BCUT2D eigenvalue weighted by molar-refractivity contribution is 7.85. The maximum absolute atomic E-state index is 12.6. The summed E-state index contributed by atoms with van der Waals surface area (Å²) in [5, 5.41) is 16.9. The molecule has 2 N–H and O–H groups in total. The Labute approximate surface area is 178 Å². The van der Waals surface area contributed by atoms with Crippen LogP contribution in [-0.2, 0) is 21.5 Å². The molecule has 168 valence electrons. The summed E-state index contributed by atoms with van der Waals surface area (Å²) in [7, 11) is -3.67. The molecule has 0 radical (unpaired) electrons. The Morgan fingerprint density at radius 1 is 1.37 bits per heavy atom. The molecule has 1 aliphatic carbocycles. The van der Waals surface area contributed by atoms with Crippen LogP contribution in [0.2, 0.25) is 0 Å². The van der Waals surface area contributed by atoms with Gasteiger partial charge in [-0.25, -0.2) is 4.98 Å². The number of carbonyl (C=O) groups excluding carboxylic acids is 1. The minimum absolute atomic E-state index is 0.0267. The SMILES string of the molecule is CC1(NCC(=O)N2CCCC2C#N)CCC(Cn2cncn2)C1(C)C.CS(=O)(=O)O. The van der Waals surface area contributed by atoms with Crippen molar-refractivity contribution in [2.45, 2.75) is 64.6 Å². The van der Waals surface area contributed by atoms with Crippen LogP contribution in [0.1, 0.15) is 46.5 Å². The van der Waals surface area contributed by atoms with Gasteiger partial charge < -0.3 is 10.2 Å². The lowest BCUT2D eigenvalue weighted by molar-refractivity contribution is -0.130. The van der Waals surface area contributed by atoms with Gasteiger partial charge in [-0.15, -0.1) is 0 Å². The van der Waals surface area contributed by atoms with Crippen LogP contribution in [-0.4, -0.2) is 69.5 Å². The van der Waals surface area contributed by atoms with Crippen LogP contribution in [0.25, 0.3) is 0 Å². The summed E-state index contributed by atoms with van der Waals surface area (Å²) in [5.74, 6) is 0.515. The third-order valence-electron chi connectivity index (χ3n) is 6.66. The summed E-state index contributed by atoms with van der Waals surface area (Å²) in [4.78, 5) is 18.3. The predicted molar refractivity (Wildman–Crippen MR) is 111 cm³/mol. The van der Waals surface area contributed by atoms with E-state index in [0.29, 0.717) is 25.3 Å². The molecule has 3 unspecified atom stereocenters. The monoisotopic (exact) mass is 440 g/mol. The van der Waals surface area contributed by atoms with Crippen molar-refractivity contribution in [3.05, 3.63) is 12.7 Å². The van der Waals surface area contributed by atoms with Gasteiger partial charge >= 0.3 is 0 Å². The maximum Gasteiger partial charge on any atom is 0.261 e. The van der Waals surface area contributed by atoms with Gasteiger partial charge in [0.05, 0.1) is 18.9 Å². The number of rotatable bonds is 5. The van der Waals surface area contributed by atoms with Crippen LogP contribution in [0.5, 0.6) is 0 Å². The van der Waals surface area contributed by atoms with Crippen LogP contribution in [0.3, 0.4) is 0 Å². The molecule has 1 amide bonds. The lowest BCUT2D eigenvalue weighted by Gasteiger charge is -2.42. The first-order valence-electron chi connectivity index (χ1n) is 10.1. The highest BCUT2D eigenvalue weighted by Gasteiger charge is 2.51. The molecule has 1 saturated carbocycles. The molecule has 2 heterocycles. The predicted octanol–water partition coefficient (Wildman–Crippen LogP) is 1.08. The minimum atomic E-state index is -3.67. The zero-order valence-corrected chi connectivity index (χ0v) is 18.9. The van der Waals surface area contributed by atoms with Gasteiger partial charge in [0, 0.05) is 18.6 Å². The van der Waals surface area contributed by atoms with Crippen LogP contribution in [0.15, 0.2) is 12.7 Å². The van der Waals surface area contributed by atoms with Crippen molar-refractivity contribution in [3.8, 4) is 6.07 Å². The second-order valence-electron chi connectivity index (χ2n) is 8.87. The van der Waals surface area contributed by atoms with Crippen molar-refractivity contribution in [2.24, 2.45) is 11.3 Å². The number of nitrogens with one attached hydrogen (secondary N) is 1. The topological polar surface area (TPSA) is 141 Å². The van der Waals surface area contributed by atoms with Gasteiger partial charge in [-0.1, -0.05) is 13.8 Å². The fourth-order valence-corrected chi connectivity index (χ4v) is 4.36. The second kappa shape index (κ2) is 9.41. The molecule has 0 spiro atoms. The summed E-state index contributed by atoms with van der Waals surface area (Å²) < 4.78 is 27.8. The molecule has 3 atom stereocenters. The molecule has 1 saturated heterocycles. The van der Waals surface area contributed by atoms with Gasteiger partial charge in [0.2, 0.25) is 5.91 Å². The lowest BCUT2D eigenvalue weighted by Crippen LogP contribution is -2.55. The Morgan fingerprint density at radius 3 is 2.60 bits per heavy atom. The van der Waals surface area contributed by atoms with Crippen molar-refractivity contribution in [1.29, 1.82) is 5.26 Å². The molecule has 1 aromatic heterocycles. The molecule has 0 aromatic carbocycles. The normalized spacial score (nSPS) is 27.9. The number of aromatic nitrogens is 3. The third-order valence-corrected chi connectivity index (χ3v) is 6.66. The fourth-order valence-electron chi connectivity index (χ4n) is 4.36. The van der Waals surface area contributed by atoms with E-state index < -0.39 is 10.1 Å². The number of likely N-dealkylation sites (tertiary alicyclic amines) is 1. The summed E-state index contributed by atoms with van der Waals surface area (Å²) >= 11 is 0. The Balaban J connectivity index is 0.000000575. The molecule has 1 aliphatic heterocycles. The first-order valence-corrected chi connectivity index (χ1v) is 11.9. The summed E-state index contributed by atoms with van der Waals surface area (Å²) in [5.41, 5.74) is -0.0886. The average Bonchev–Trinajstić information content (AvgIpc) is 3.35. The molecule has 1 aromatic rings. The van der Waals surface area contributed by atoms with E-state index in [4.69, 9.17) is 4.55 Å². The Bertz CT molecular complexity index is 856. The van der Waals surface area contributed by atoms with Crippen molar-refractivity contribution in [3.63, 3.8) is 0 Å². The van der Waals surface area contributed by atoms with Crippen molar-refractivity contribution >= 4 is 16.0 Å². The smallest absolute Gasteiger partial charge is 0.261 e. The number of carbonyl (C=O) groups is 1. The van der Waals surface area contributed by atoms with E-state index in [9.17, 15) is 18.5 Å². The molecule has 2 aliphatic rings. The molecule has 11 heteroatoms. The first-order chi connectivity index (χ1) is 13.9. The van der Waals surface area contributed by atoms with Crippen LogP contribution in [0, 0.1) is 22.7 Å². The van der Waals surface area contributed by atoms with Gasteiger partial charge in [0.15, 0.2) is 0 Å². The van der Waals surface area contributed by atoms with Gasteiger partial charge in [0.1, 0.15) is 18.7 Å². The Morgan fingerprint density at radius 2 is 2.03 bits per heavy atom. The Kier molecular flexibility index (Phi) is 7.60. The van der Waals surface area contributed by atoms with Gasteiger partial charge in [-0.2, -0.15) is 18.8 Å². The van der Waals surface area contributed by atoms with E-state index in [-0.39, 0.29) is 22.9 Å². The average molecular weight is 441 g/mol. The van der Waals surface area contributed by atoms with Gasteiger partial charge in [0.25, 0.3) is 10.1 Å². The van der Waals surface area contributed by atoms with E-state index in [1.54, 1.807) is 17.6 Å². The van der Waals surface area contributed by atoms with E-state index in [2.05, 4.69) is 42.2 Å². The molecule has 3 rings (SSSR count). The van der Waals surface area contributed by atoms with E-state index >= 15 is 0 Å². The van der Waals surface area contributed by atoms with Gasteiger partial charge in [-0.05, 0) is 43.9 Å². The summed E-state index contributed by atoms with van der Waals surface area (Å²) in [6.07, 6.45) is 7.88. The van der Waals surface area contributed by atoms with Crippen molar-refractivity contribution in [1.82, 2.24) is 25.0 Å². The quantitative estimate of drug-likeness (QED) is 0.648. The fraction of sp³-hybridized carbons (Fsp3) is 0.789. The standard InChI is InChI=1S/C18H28N6O.CH4O3S/c1-17(2)14(11-23-13-20-12-22-23)6-7-18(17,3)21-10-16(25)24-8-4-5-15(24)9-19;1-5(2,3)4/h12-15,21H,4-8,10-11H2,1-3H3;1H3,(H,2,3,4). The highest BCUT2D eigenvalue weighted by Crippen LogP contribution is 2.50. The van der Waals surface area contributed by atoms with E-state index in [1.165, 1.54) is 0 Å². The molecule has 0 bridgehead atoms. The highest BCUT2D eigenvalue weighted by atomic mass is 32.2. The first kappa shape index (κ1) is 24.2. The maximum atomic E-state index is 12.6. The molecule has 30 heavy (non-hydrogen) atoms. The third kappa shape index (κ3) is 6.00. The number of amides is 1. The number of hydrogen-bond acceptors (Lipinski definition) is 7. The molecule has 10 nitrogen and oxygen atoms in total. The zero-order chi connectivity index (χ0) is 22.6.